The third kappa shape index (κ3) is 1.29. The molecule has 0 radical (unpaired) electrons. The van der Waals surface area contributed by atoms with Gasteiger partial charge in [-0.15, -0.1) is 0 Å². The molecule has 1 heterocycles. The van der Waals surface area contributed by atoms with Gasteiger partial charge in [0.25, 0.3) is 0 Å². The first-order valence-electron chi connectivity index (χ1n) is 4.20. The third-order valence-electron chi connectivity index (χ3n) is 2.16. The number of hydrogen-bond donors (Lipinski definition) is 1. The molecule has 70 valence electrons. The molecule has 2 N–H and O–H groups in total. The monoisotopic (exact) mass is 188 g/mol. The van der Waals surface area contributed by atoms with E-state index < -0.39 is 5.92 Å². The second kappa shape index (κ2) is 3.04. The molecule has 0 saturated heterocycles. The van der Waals surface area contributed by atoms with Crippen LogP contribution in [0.5, 0.6) is 5.75 Å². The van der Waals surface area contributed by atoms with E-state index >= 15 is 0 Å². The lowest BCUT2D eigenvalue weighted by atomic mass is 9.94. The fraction of sp³-hybridized carbons (Fsp3) is 0.200. The van der Waals surface area contributed by atoms with E-state index in [1.54, 1.807) is 18.2 Å². The molecule has 0 saturated carbocycles. The number of carbonyl (C=O) groups excluding carboxylic acids is 1. The zero-order valence-corrected chi connectivity index (χ0v) is 7.36. The van der Waals surface area contributed by atoms with Crippen LogP contribution in [0.2, 0.25) is 0 Å². The molecule has 1 aromatic rings. The van der Waals surface area contributed by atoms with E-state index in [1.807, 2.05) is 0 Å². The predicted molar refractivity (Wildman–Crippen MR) is 49.5 cm³/mol. The van der Waals surface area contributed by atoms with Gasteiger partial charge in [-0.05, 0) is 6.07 Å². The van der Waals surface area contributed by atoms with Gasteiger partial charge < -0.3 is 10.5 Å². The summed E-state index contributed by atoms with van der Waals surface area (Å²) < 4.78 is 4.97. The molecule has 2 rings (SSSR count). The predicted octanol–water partition coefficient (Wildman–Crippen LogP) is 1.19. The highest BCUT2D eigenvalue weighted by Gasteiger charge is 2.26. The lowest BCUT2D eigenvalue weighted by molar-refractivity contribution is -0.135. The number of rotatable bonds is 0. The summed E-state index contributed by atoms with van der Waals surface area (Å²) in [4.78, 5) is 11.1. The summed E-state index contributed by atoms with van der Waals surface area (Å²) in [5, 5.41) is 8.84. The molecule has 0 aliphatic carbocycles. The van der Waals surface area contributed by atoms with Crippen LogP contribution in [0.1, 0.15) is 17.9 Å². The van der Waals surface area contributed by atoms with Crippen LogP contribution in [-0.4, -0.2) is 5.97 Å². The minimum absolute atomic E-state index is 0.118. The van der Waals surface area contributed by atoms with Crippen molar-refractivity contribution < 1.29 is 9.53 Å². The standard InChI is InChI=1S/C10H8N2O2/c11-5-6-3-10(13)14-9-4-7(12)1-2-8(6)9/h1-2,4,6H,3,12H2. The molecular formula is C10H8N2O2. The summed E-state index contributed by atoms with van der Waals surface area (Å²) in [6, 6.07) is 7.06. The molecule has 0 amide bonds. The van der Waals surface area contributed by atoms with E-state index in [-0.39, 0.29) is 12.4 Å². The Morgan fingerprint density at radius 1 is 1.57 bits per heavy atom. The van der Waals surface area contributed by atoms with E-state index in [1.165, 1.54) is 0 Å². The van der Waals surface area contributed by atoms with Gasteiger partial charge in [0.1, 0.15) is 5.75 Å². The molecule has 0 spiro atoms. The average molecular weight is 188 g/mol. The molecule has 4 nitrogen and oxygen atoms in total. The Labute approximate surface area is 80.9 Å². The number of carbonyl (C=O) groups is 1. The van der Waals surface area contributed by atoms with Gasteiger partial charge in [0.05, 0.1) is 18.4 Å². The number of ether oxygens (including phenoxy) is 1. The molecule has 1 aromatic carbocycles. The summed E-state index contributed by atoms with van der Waals surface area (Å²) in [5.41, 5.74) is 6.80. The quantitative estimate of drug-likeness (QED) is 0.377. The second-order valence-corrected chi connectivity index (χ2v) is 3.16. The van der Waals surface area contributed by atoms with Crippen molar-refractivity contribution in [2.75, 3.05) is 5.73 Å². The van der Waals surface area contributed by atoms with Gasteiger partial charge in [0, 0.05) is 17.3 Å². The maximum absolute atomic E-state index is 11.1. The summed E-state index contributed by atoms with van der Waals surface area (Å²) in [7, 11) is 0. The highest BCUT2D eigenvalue weighted by atomic mass is 16.5. The average Bonchev–Trinajstić information content (AvgIpc) is 2.15. The molecule has 1 aliphatic heterocycles. The fourth-order valence-electron chi connectivity index (χ4n) is 1.48. The number of nitriles is 1. The van der Waals surface area contributed by atoms with Crippen molar-refractivity contribution in [3.05, 3.63) is 23.8 Å². The zero-order valence-electron chi connectivity index (χ0n) is 7.36. The van der Waals surface area contributed by atoms with E-state index in [0.717, 1.165) is 5.56 Å². The first-order chi connectivity index (χ1) is 6.70. The molecule has 4 heteroatoms. The number of hydrogen-bond acceptors (Lipinski definition) is 4. The Morgan fingerprint density at radius 3 is 3.07 bits per heavy atom. The van der Waals surface area contributed by atoms with Crippen molar-refractivity contribution in [2.45, 2.75) is 12.3 Å². The van der Waals surface area contributed by atoms with Crippen LogP contribution in [0.3, 0.4) is 0 Å². The second-order valence-electron chi connectivity index (χ2n) is 3.16. The Balaban J connectivity index is 2.52. The molecule has 0 fully saturated rings. The Morgan fingerprint density at radius 2 is 2.36 bits per heavy atom. The minimum Gasteiger partial charge on any atom is -0.426 e. The molecular weight excluding hydrogens is 180 g/mol. The van der Waals surface area contributed by atoms with Crippen molar-refractivity contribution in [1.29, 1.82) is 5.26 Å². The summed E-state index contributed by atoms with van der Waals surface area (Å²) >= 11 is 0. The number of esters is 1. The number of benzene rings is 1. The number of fused-ring (bicyclic) bond motifs is 1. The Hall–Kier alpha value is -2.02. The molecule has 1 unspecified atom stereocenters. The SMILES string of the molecule is N#CC1CC(=O)Oc2cc(N)ccc21. The van der Waals surface area contributed by atoms with Gasteiger partial charge >= 0.3 is 5.97 Å². The summed E-state index contributed by atoms with van der Waals surface area (Å²) in [6.07, 6.45) is 0.118. The summed E-state index contributed by atoms with van der Waals surface area (Å²) in [5.74, 6) is -0.380. The van der Waals surface area contributed by atoms with Crippen LogP contribution in [0, 0.1) is 11.3 Å². The molecule has 14 heavy (non-hydrogen) atoms. The van der Waals surface area contributed by atoms with Gasteiger partial charge in [0.2, 0.25) is 0 Å². The fourth-order valence-corrected chi connectivity index (χ4v) is 1.48. The minimum atomic E-state index is -0.410. The van der Waals surface area contributed by atoms with Crippen LogP contribution in [-0.2, 0) is 4.79 Å². The first-order valence-corrected chi connectivity index (χ1v) is 4.20. The van der Waals surface area contributed by atoms with Crippen molar-refractivity contribution in [1.82, 2.24) is 0 Å². The normalized spacial score (nSPS) is 19.4. The molecule has 1 aliphatic rings. The zero-order chi connectivity index (χ0) is 10.1. The van der Waals surface area contributed by atoms with Crippen LogP contribution < -0.4 is 10.5 Å². The summed E-state index contributed by atoms with van der Waals surface area (Å²) in [6.45, 7) is 0. The third-order valence-corrected chi connectivity index (χ3v) is 2.16. The maximum Gasteiger partial charge on any atom is 0.312 e. The highest BCUT2D eigenvalue weighted by molar-refractivity contribution is 5.78. The molecule has 0 bridgehead atoms. The van der Waals surface area contributed by atoms with Gasteiger partial charge in [0.15, 0.2) is 0 Å². The lowest BCUT2D eigenvalue weighted by Crippen LogP contribution is -2.19. The Kier molecular flexibility index (Phi) is 1.86. The van der Waals surface area contributed by atoms with Gasteiger partial charge in [-0.3, -0.25) is 4.79 Å². The van der Waals surface area contributed by atoms with E-state index in [2.05, 4.69) is 6.07 Å². The largest absolute Gasteiger partial charge is 0.426 e. The van der Waals surface area contributed by atoms with Crippen LogP contribution >= 0.6 is 0 Å². The van der Waals surface area contributed by atoms with Crippen molar-refractivity contribution in [2.24, 2.45) is 0 Å². The highest BCUT2D eigenvalue weighted by Crippen LogP contribution is 2.34. The van der Waals surface area contributed by atoms with Crippen LogP contribution in [0.15, 0.2) is 18.2 Å². The van der Waals surface area contributed by atoms with E-state index in [4.69, 9.17) is 15.7 Å². The Bertz CT molecular complexity index is 434. The van der Waals surface area contributed by atoms with Gasteiger partial charge in [-0.2, -0.15) is 5.26 Å². The number of nitrogen functional groups attached to an aromatic ring is 1. The van der Waals surface area contributed by atoms with Gasteiger partial charge in [-0.25, -0.2) is 0 Å². The first kappa shape index (κ1) is 8.57. The van der Waals surface area contributed by atoms with Crippen molar-refractivity contribution in [3.8, 4) is 11.8 Å². The van der Waals surface area contributed by atoms with Crippen LogP contribution in [0.25, 0.3) is 0 Å². The molecule has 0 aromatic heterocycles. The van der Waals surface area contributed by atoms with Crippen LogP contribution in [0.4, 0.5) is 5.69 Å². The number of nitrogens with zero attached hydrogens (tertiary/aromatic N) is 1. The maximum atomic E-state index is 11.1. The smallest absolute Gasteiger partial charge is 0.312 e. The van der Waals surface area contributed by atoms with Crippen molar-refractivity contribution >= 4 is 11.7 Å². The number of nitrogens with two attached hydrogens (primary N) is 1. The van der Waals surface area contributed by atoms with E-state index in [0.29, 0.717) is 11.4 Å². The van der Waals surface area contributed by atoms with Gasteiger partial charge in [-0.1, -0.05) is 6.07 Å². The van der Waals surface area contributed by atoms with Crippen molar-refractivity contribution in [3.63, 3.8) is 0 Å². The molecule has 1 atom stereocenters. The number of anilines is 1. The lowest BCUT2D eigenvalue weighted by Gasteiger charge is -2.19. The van der Waals surface area contributed by atoms with E-state index in [9.17, 15) is 4.79 Å². The topological polar surface area (TPSA) is 76.1 Å².